The van der Waals surface area contributed by atoms with Gasteiger partial charge in [-0.2, -0.15) is 0 Å². The van der Waals surface area contributed by atoms with Crippen LogP contribution in [0, 0.1) is 0 Å². The van der Waals surface area contributed by atoms with Gasteiger partial charge in [0.15, 0.2) is 11.5 Å². The van der Waals surface area contributed by atoms with Crippen molar-refractivity contribution in [3.8, 4) is 17.2 Å². The Hall–Kier alpha value is -3.06. The molecule has 0 amide bonds. The molecule has 0 aliphatic rings. The molecule has 35 heavy (non-hydrogen) atoms. The van der Waals surface area contributed by atoms with Gasteiger partial charge in [0.25, 0.3) is 0 Å². The van der Waals surface area contributed by atoms with E-state index in [-0.39, 0.29) is 12.2 Å². The third kappa shape index (κ3) is 9.99. The van der Waals surface area contributed by atoms with Crippen molar-refractivity contribution in [2.75, 3.05) is 13.7 Å². The summed E-state index contributed by atoms with van der Waals surface area (Å²) in [6.07, 6.45) is 6.14. The van der Waals surface area contributed by atoms with Crippen molar-refractivity contribution in [2.45, 2.75) is 77.9 Å². The molecule has 0 unspecified atom stereocenters. The van der Waals surface area contributed by atoms with Gasteiger partial charge in [-0.1, -0.05) is 38.7 Å². The molecule has 0 spiro atoms. The Morgan fingerprint density at radius 2 is 1.63 bits per heavy atom. The van der Waals surface area contributed by atoms with E-state index in [4.69, 9.17) is 24.7 Å². The third-order valence-corrected chi connectivity index (χ3v) is 5.20. The van der Waals surface area contributed by atoms with E-state index in [9.17, 15) is 9.59 Å². The van der Waals surface area contributed by atoms with Crippen LogP contribution in [0.1, 0.15) is 75.7 Å². The van der Waals surface area contributed by atoms with Crippen LogP contribution in [-0.4, -0.2) is 37.3 Å². The lowest BCUT2D eigenvalue weighted by Gasteiger charge is -2.22. The molecule has 2 aromatic carbocycles. The molecule has 0 saturated carbocycles. The highest BCUT2D eigenvalue weighted by atomic mass is 16.6. The summed E-state index contributed by atoms with van der Waals surface area (Å²) < 4.78 is 22.0. The third-order valence-electron chi connectivity index (χ3n) is 5.20. The largest absolute Gasteiger partial charge is 0.494 e. The summed E-state index contributed by atoms with van der Waals surface area (Å²) in [5.41, 5.74) is 6.56. The lowest BCUT2D eigenvalue weighted by atomic mass is 10.1. The molecule has 2 rings (SSSR count). The van der Waals surface area contributed by atoms with Crippen molar-refractivity contribution < 1.29 is 28.5 Å². The summed E-state index contributed by atoms with van der Waals surface area (Å²) in [5.74, 6) is 0.388. The number of carbonyl (C=O) groups is 2. The fraction of sp³-hybridized carbons (Fsp3) is 0.500. The van der Waals surface area contributed by atoms with Gasteiger partial charge in [-0.25, -0.2) is 4.79 Å². The van der Waals surface area contributed by atoms with Crippen LogP contribution >= 0.6 is 0 Å². The normalized spacial score (nSPS) is 12.1. The molecule has 0 fully saturated rings. The lowest BCUT2D eigenvalue weighted by molar-refractivity contribution is -0.156. The Labute approximate surface area is 208 Å². The quantitative estimate of drug-likeness (QED) is 0.228. The van der Waals surface area contributed by atoms with Gasteiger partial charge in [0.1, 0.15) is 17.4 Å². The number of ether oxygens (including phenoxy) is 4. The number of methoxy groups -OCH3 is 1. The minimum absolute atomic E-state index is 0.263. The maximum atomic E-state index is 12.6. The van der Waals surface area contributed by atoms with Crippen LogP contribution in [0.2, 0.25) is 0 Å². The van der Waals surface area contributed by atoms with Gasteiger partial charge in [0, 0.05) is 0 Å². The average molecular weight is 486 g/mol. The molecule has 0 heterocycles. The number of nitrogens with two attached hydrogens (primary N) is 1. The number of hydrogen-bond acceptors (Lipinski definition) is 7. The molecule has 1 atom stereocenters. The SMILES string of the molecule is CCCCCCCOc1ccc(C(=O)Oc2ccc(C[C@H](N)C(=O)OC(C)(C)C)cc2OC)cc1. The molecule has 7 heteroatoms. The second-order valence-electron chi connectivity index (χ2n) is 9.51. The van der Waals surface area contributed by atoms with Crippen LogP contribution in [0.3, 0.4) is 0 Å². The molecular formula is C28H39NO6. The molecule has 2 N–H and O–H groups in total. The summed E-state index contributed by atoms with van der Waals surface area (Å²) >= 11 is 0. The first-order chi connectivity index (χ1) is 16.6. The summed E-state index contributed by atoms with van der Waals surface area (Å²) in [6, 6.07) is 11.1. The summed E-state index contributed by atoms with van der Waals surface area (Å²) in [7, 11) is 1.48. The maximum Gasteiger partial charge on any atom is 0.343 e. The van der Waals surface area contributed by atoms with Gasteiger partial charge in [-0.15, -0.1) is 0 Å². The zero-order valence-corrected chi connectivity index (χ0v) is 21.6. The van der Waals surface area contributed by atoms with Crippen LogP contribution in [-0.2, 0) is 16.0 Å². The van der Waals surface area contributed by atoms with E-state index in [1.165, 1.54) is 26.4 Å². The molecule has 0 bridgehead atoms. The van der Waals surface area contributed by atoms with Gasteiger partial charge in [-0.3, -0.25) is 4.79 Å². The Kier molecular flexibility index (Phi) is 11.1. The maximum absolute atomic E-state index is 12.6. The number of unbranched alkanes of at least 4 members (excludes halogenated alkanes) is 4. The van der Waals surface area contributed by atoms with Crippen molar-refractivity contribution in [1.29, 1.82) is 0 Å². The number of esters is 2. The van der Waals surface area contributed by atoms with Crippen LogP contribution in [0.4, 0.5) is 0 Å². The molecule has 192 valence electrons. The molecule has 0 radical (unpaired) electrons. The molecule has 2 aromatic rings. The highest BCUT2D eigenvalue weighted by molar-refractivity contribution is 5.91. The van der Waals surface area contributed by atoms with Gasteiger partial charge in [-0.05, 0) is 75.6 Å². The summed E-state index contributed by atoms with van der Waals surface area (Å²) in [5, 5.41) is 0. The van der Waals surface area contributed by atoms with Crippen LogP contribution in [0.15, 0.2) is 42.5 Å². The summed E-state index contributed by atoms with van der Waals surface area (Å²) in [4.78, 5) is 24.8. The fourth-order valence-electron chi connectivity index (χ4n) is 3.38. The zero-order valence-electron chi connectivity index (χ0n) is 21.6. The van der Waals surface area contributed by atoms with Gasteiger partial charge >= 0.3 is 11.9 Å². The van der Waals surface area contributed by atoms with Crippen molar-refractivity contribution in [3.05, 3.63) is 53.6 Å². The van der Waals surface area contributed by atoms with Crippen molar-refractivity contribution in [2.24, 2.45) is 5.73 Å². The van der Waals surface area contributed by atoms with Crippen molar-refractivity contribution >= 4 is 11.9 Å². The number of carbonyl (C=O) groups excluding carboxylic acids is 2. The van der Waals surface area contributed by atoms with Gasteiger partial charge < -0.3 is 24.7 Å². The number of benzene rings is 2. The monoisotopic (exact) mass is 485 g/mol. The fourth-order valence-corrected chi connectivity index (χ4v) is 3.38. The Morgan fingerprint density at radius 1 is 0.943 bits per heavy atom. The zero-order chi connectivity index (χ0) is 25.8. The lowest BCUT2D eigenvalue weighted by Crippen LogP contribution is -2.38. The number of rotatable bonds is 13. The molecule has 7 nitrogen and oxygen atoms in total. The predicted octanol–water partition coefficient (Wildman–Crippen LogP) is 5.48. The van der Waals surface area contributed by atoms with E-state index in [0.717, 1.165) is 24.2 Å². The smallest absolute Gasteiger partial charge is 0.343 e. The molecular weight excluding hydrogens is 446 g/mol. The first-order valence-electron chi connectivity index (χ1n) is 12.2. The summed E-state index contributed by atoms with van der Waals surface area (Å²) in [6.45, 7) is 8.23. The highest BCUT2D eigenvalue weighted by Crippen LogP contribution is 2.29. The molecule has 0 saturated heterocycles. The van der Waals surface area contributed by atoms with E-state index in [1.54, 1.807) is 63.2 Å². The first-order valence-corrected chi connectivity index (χ1v) is 12.2. The van der Waals surface area contributed by atoms with E-state index in [0.29, 0.717) is 17.9 Å². The first kappa shape index (κ1) is 28.2. The predicted molar refractivity (Wildman–Crippen MR) is 136 cm³/mol. The molecule has 0 aromatic heterocycles. The Balaban J connectivity index is 1.93. The van der Waals surface area contributed by atoms with Crippen molar-refractivity contribution in [3.63, 3.8) is 0 Å². The highest BCUT2D eigenvalue weighted by Gasteiger charge is 2.23. The van der Waals surface area contributed by atoms with Gasteiger partial charge in [0.2, 0.25) is 0 Å². The van der Waals surface area contributed by atoms with Crippen LogP contribution in [0.5, 0.6) is 17.2 Å². The minimum Gasteiger partial charge on any atom is -0.494 e. The Bertz CT molecular complexity index is 949. The van der Waals surface area contributed by atoms with E-state index in [1.807, 2.05) is 0 Å². The van der Waals surface area contributed by atoms with Crippen LogP contribution < -0.4 is 19.9 Å². The topological polar surface area (TPSA) is 97.1 Å². The van der Waals surface area contributed by atoms with Gasteiger partial charge in [0.05, 0.1) is 19.3 Å². The number of hydrogen-bond donors (Lipinski definition) is 1. The second-order valence-corrected chi connectivity index (χ2v) is 9.51. The van der Waals surface area contributed by atoms with Crippen molar-refractivity contribution in [1.82, 2.24) is 0 Å². The molecule has 0 aliphatic heterocycles. The minimum atomic E-state index is -0.815. The van der Waals surface area contributed by atoms with E-state index in [2.05, 4.69) is 6.92 Å². The molecule has 0 aliphatic carbocycles. The second kappa shape index (κ2) is 13.7. The average Bonchev–Trinajstić information content (AvgIpc) is 2.81. The van der Waals surface area contributed by atoms with E-state index < -0.39 is 23.6 Å². The Morgan fingerprint density at radius 3 is 2.26 bits per heavy atom. The van der Waals surface area contributed by atoms with E-state index >= 15 is 0 Å². The van der Waals surface area contributed by atoms with Crippen LogP contribution in [0.25, 0.3) is 0 Å². The standard InChI is InChI=1S/C28H39NO6/c1-6-7-8-9-10-17-33-22-14-12-21(13-15-22)26(30)34-24-16-11-20(19-25(24)32-5)18-23(29)27(31)35-28(2,3)4/h11-16,19,23H,6-10,17-18,29H2,1-5H3/t23-/m0/s1.